The van der Waals surface area contributed by atoms with E-state index in [4.69, 9.17) is 21.6 Å². The van der Waals surface area contributed by atoms with Gasteiger partial charge >= 0.3 is 0 Å². The van der Waals surface area contributed by atoms with Crippen LogP contribution in [0.4, 0.5) is 5.82 Å². The highest BCUT2D eigenvalue weighted by Gasteiger charge is 2.35. The zero-order valence-corrected chi connectivity index (χ0v) is 19.8. The second kappa shape index (κ2) is 9.52. The average Bonchev–Trinajstić information content (AvgIpc) is 3.70. The fourth-order valence-electron chi connectivity index (χ4n) is 4.55. The topological polar surface area (TPSA) is 49.3 Å². The molecule has 1 saturated heterocycles. The summed E-state index contributed by atoms with van der Waals surface area (Å²) >= 11 is 6.28. The molecule has 0 N–H and O–H groups in total. The van der Waals surface area contributed by atoms with Crippen molar-refractivity contribution in [1.29, 1.82) is 0 Å². The largest absolute Gasteiger partial charge is 0.353 e. The predicted molar refractivity (Wildman–Crippen MR) is 133 cm³/mol. The number of piperazine rings is 1. The van der Waals surface area contributed by atoms with E-state index in [2.05, 4.69) is 30.0 Å². The van der Waals surface area contributed by atoms with Crippen molar-refractivity contribution in [2.75, 3.05) is 31.1 Å². The predicted octanol–water partition coefficient (Wildman–Crippen LogP) is 5.01. The van der Waals surface area contributed by atoms with Gasteiger partial charge in [-0.05, 0) is 37.0 Å². The lowest BCUT2D eigenvalue weighted by Crippen LogP contribution is -2.49. The van der Waals surface area contributed by atoms with Crippen LogP contribution in [0.15, 0.2) is 54.6 Å². The van der Waals surface area contributed by atoms with Crippen LogP contribution in [-0.4, -0.2) is 47.0 Å². The number of aryl methyl sites for hydroxylation is 1. The van der Waals surface area contributed by atoms with E-state index in [-0.39, 0.29) is 5.92 Å². The smallest absolute Gasteiger partial charge is 0.225 e. The molecule has 3 aromatic rings. The SMILES string of the molecule is CCc1nc(-c2ccccc2)nc(N2CCN(C(=O)C3CC3)CC2)c1Cc1cccc(Cl)c1. The molecule has 2 heterocycles. The minimum Gasteiger partial charge on any atom is -0.353 e. The maximum atomic E-state index is 12.6. The van der Waals surface area contributed by atoms with Crippen LogP contribution in [0.5, 0.6) is 0 Å². The van der Waals surface area contributed by atoms with Crippen molar-refractivity contribution in [2.45, 2.75) is 32.6 Å². The van der Waals surface area contributed by atoms with Crippen LogP contribution in [0, 0.1) is 5.92 Å². The Labute approximate surface area is 200 Å². The molecule has 2 fully saturated rings. The molecule has 1 amide bonds. The Morgan fingerprint density at radius 2 is 1.76 bits per heavy atom. The standard InChI is InChI=1S/C27H29ClN4O/c1-2-24-23(18-19-7-6-10-22(28)17-19)26(30-25(29-24)20-8-4-3-5-9-20)31-13-15-32(16-14-31)27(33)21-11-12-21/h3-10,17,21H,2,11-16,18H2,1H3. The summed E-state index contributed by atoms with van der Waals surface area (Å²) < 4.78 is 0. The molecule has 33 heavy (non-hydrogen) atoms. The first kappa shape index (κ1) is 21.9. The minimum atomic E-state index is 0.269. The van der Waals surface area contributed by atoms with Gasteiger partial charge in [0.2, 0.25) is 5.91 Å². The highest BCUT2D eigenvalue weighted by atomic mass is 35.5. The van der Waals surface area contributed by atoms with Crippen molar-refractivity contribution in [3.05, 3.63) is 76.4 Å². The van der Waals surface area contributed by atoms with Crippen LogP contribution in [-0.2, 0) is 17.6 Å². The van der Waals surface area contributed by atoms with Gasteiger partial charge in [0.25, 0.3) is 0 Å². The van der Waals surface area contributed by atoms with Gasteiger partial charge in [-0.25, -0.2) is 9.97 Å². The Morgan fingerprint density at radius 3 is 2.42 bits per heavy atom. The second-order valence-corrected chi connectivity index (χ2v) is 9.35. The van der Waals surface area contributed by atoms with E-state index in [0.29, 0.717) is 5.91 Å². The maximum Gasteiger partial charge on any atom is 0.225 e. The van der Waals surface area contributed by atoms with Crippen LogP contribution >= 0.6 is 11.6 Å². The van der Waals surface area contributed by atoms with Crippen LogP contribution in [0.3, 0.4) is 0 Å². The van der Waals surface area contributed by atoms with Crippen LogP contribution in [0.1, 0.15) is 36.6 Å². The lowest BCUT2D eigenvalue weighted by molar-refractivity contribution is -0.132. The molecule has 170 valence electrons. The summed E-state index contributed by atoms with van der Waals surface area (Å²) in [4.78, 5) is 27.0. The third kappa shape index (κ3) is 4.88. The summed E-state index contributed by atoms with van der Waals surface area (Å²) in [6.07, 6.45) is 3.66. The van der Waals surface area contributed by atoms with E-state index < -0.39 is 0 Å². The van der Waals surface area contributed by atoms with Gasteiger partial charge < -0.3 is 9.80 Å². The number of amides is 1. The quantitative estimate of drug-likeness (QED) is 0.519. The zero-order chi connectivity index (χ0) is 22.8. The summed E-state index contributed by atoms with van der Waals surface area (Å²) in [6, 6.07) is 18.2. The van der Waals surface area contributed by atoms with Crippen LogP contribution < -0.4 is 4.90 Å². The molecule has 1 aliphatic heterocycles. The Kier molecular flexibility index (Phi) is 6.32. The summed E-state index contributed by atoms with van der Waals surface area (Å²) in [5.41, 5.74) is 4.39. The molecule has 1 aliphatic carbocycles. The first-order chi connectivity index (χ1) is 16.1. The molecule has 5 rings (SSSR count). The third-order valence-electron chi connectivity index (χ3n) is 6.53. The highest BCUT2D eigenvalue weighted by Crippen LogP contribution is 2.33. The number of hydrogen-bond donors (Lipinski definition) is 0. The molecule has 0 atom stereocenters. The van der Waals surface area contributed by atoms with Gasteiger partial charge in [0.05, 0.1) is 0 Å². The van der Waals surface area contributed by atoms with E-state index in [0.717, 1.165) is 90.9 Å². The number of halogens is 1. The molecule has 1 saturated carbocycles. The Balaban J connectivity index is 1.50. The van der Waals surface area contributed by atoms with E-state index in [9.17, 15) is 4.79 Å². The highest BCUT2D eigenvalue weighted by molar-refractivity contribution is 6.30. The lowest BCUT2D eigenvalue weighted by atomic mass is 10.0. The average molecular weight is 461 g/mol. The first-order valence-electron chi connectivity index (χ1n) is 11.9. The van der Waals surface area contributed by atoms with Gasteiger partial charge in [-0.1, -0.05) is 61.0 Å². The first-order valence-corrected chi connectivity index (χ1v) is 12.2. The molecule has 0 radical (unpaired) electrons. The van der Waals surface area contributed by atoms with Crippen LogP contribution in [0.25, 0.3) is 11.4 Å². The third-order valence-corrected chi connectivity index (χ3v) is 6.76. The van der Waals surface area contributed by atoms with Crippen molar-refractivity contribution < 1.29 is 4.79 Å². The number of rotatable bonds is 6. The Morgan fingerprint density at radius 1 is 1.00 bits per heavy atom. The number of nitrogens with zero attached hydrogens (tertiary/aromatic N) is 4. The normalized spacial score (nSPS) is 16.2. The molecule has 6 heteroatoms. The van der Waals surface area contributed by atoms with Gasteiger partial charge in [0.1, 0.15) is 5.82 Å². The van der Waals surface area contributed by atoms with E-state index in [1.165, 1.54) is 0 Å². The van der Waals surface area contributed by atoms with Crippen molar-refractivity contribution in [3.8, 4) is 11.4 Å². The van der Waals surface area contributed by atoms with Gasteiger partial charge in [-0.3, -0.25) is 4.79 Å². The van der Waals surface area contributed by atoms with E-state index in [1.807, 2.05) is 41.3 Å². The van der Waals surface area contributed by atoms with Gasteiger partial charge in [0, 0.05) is 60.4 Å². The monoisotopic (exact) mass is 460 g/mol. The van der Waals surface area contributed by atoms with E-state index in [1.54, 1.807) is 0 Å². The molecule has 1 aromatic heterocycles. The van der Waals surface area contributed by atoms with Gasteiger partial charge in [0.15, 0.2) is 5.82 Å². The number of anilines is 1. The van der Waals surface area contributed by atoms with Crippen molar-refractivity contribution >= 4 is 23.3 Å². The Hall–Kier alpha value is -2.92. The number of hydrogen-bond acceptors (Lipinski definition) is 4. The number of carbonyl (C=O) groups excluding carboxylic acids is 1. The number of carbonyl (C=O) groups is 1. The molecule has 5 nitrogen and oxygen atoms in total. The molecule has 2 aliphatic rings. The van der Waals surface area contributed by atoms with Crippen molar-refractivity contribution in [1.82, 2.24) is 14.9 Å². The summed E-state index contributed by atoms with van der Waals surface area (Å²) in [5, 5.41) is 0.737. The molecule has 0 spiro atoms. The summed E-state index contributed by atoms with van der Waals surface area (Å²) in [6.45, 7) is 5.22. The summed E-state index contributed by atoms with van der Waals surface area (Å²) in [5.74, 6) is 2.34. The van der Waals surface area contributed by atoms with Crippen molar-refractivity contribution in [3.63, 3.8) is 0 Å². The lowest BCUT2D eigenvalue weighted by Gasteiger charge is -2.37. The van der Waals surface area contributed by atoms with Gasteiger partial charge in [-0.2, -0.15) is 0 Å². The molecule has 0 bridgehead atoms. The second-order valence-electron chi connectivity index (χ2n) is 8.91. The maximum absolute atomic E-state index is 12.6. The molecular formula is C27H29ClN4O. The van der Waals surface area contributed by atoms with E-state index >= 15 is 0 Å². The minimum absolute atomic E-state index is 0.269. The number of aromatic nitrogens is 2. The summed E-state index contributed by atoms with van der Waals surface area (Å²) in [7, 11) is 0. The fraction of sp³-hybridized carbons (Fsp3) is 0.370. The van der Waals surface area contributed by atoms with Gasteiger partial charge in [-0.15, -0.1) is 0 Å². The molecule has 0 unspecified atom stereocenters. The molecular weight excluding hydrogens is 432 g/mol. The fourth-order valence-corrected chi connectivity index (χ4v) is 4.76. The molecule has 2 aromatic carbocycles. The van der Waals surface area contributed by atoms with Crippen LogP contribution in [0.2, 0.25) is 5.02 Å². The van der Waals surface area contributed by atoms with Crippen molar-refractivity contribution in [2.24, 2.45) is 5.92 Å². The number of benzene rings is 2. The Bertz CT molecular complexity index is 1140. The zero-order valence-electron chi connectivity index (χ0n) is 19.0.